The molecule has 32 heavy (non-hydrogen) atoms. The van der Waals surface area contributed by atoms with Crippen LogP contribution in [-0.2, 0) is 31.7 Å². The van der Waals surface area contributed by atoms with Crippen LogP contribution in [0.3, 0.4) is 0 Å². The molecule has 1 aliphatic rings. The van der Waals surface area contributed by atoms with E-state index in [9.17, 15) is 13.2 Å². The molecule has 3 heterocycles. The number of aryl methyl sites for hydroxylation is 1. The normalized spacial score (nSPS) is 19.9. The zero-order valence-corrected chi connectivity index (χ0v) is 19.6. The summed E-state index contributed by atoms with van der Waals surface area (Å²) >= 11 is 1.63. The Hall–Kier alpha value is -2.73. The number of imidazole rings is 1. The van der Waals surface area contributed by atoms with Gasteiger partial charge in [0, 0.05) is 42.1 Å². The van der Waals surface area contributed by atoms with Crippen LogP contribution in [0.1, 0.15) is 24.0 Å². The van der Waals surface area contributed by atoms with Gasteiger partial charge in [-0.25, -0.2) is 13.4 Å². The van der Waals surface area contributed by atoms with E-state index < -0.39 is 21.2 Å². The van der Waals surface area contributed by atoms with Crippen molar-refractivity contribution in [1.82, 2.24) is 19.7 Å². The molecule has 3 rings (SSSR count). The molecule has 1 unspecified atom stereocenters. The number of sulfonamides is 1. The largest absolute Gasteiger partial charge is 0.465 e. The number of carbonyl (C=O) groups is 1. The fourth-order valence-corrected chi connectivity index (χ4v) is 5.21. The number of esters is 1. The van der Waals surface area contributed by atoms with Gasteiger partial charge in [0.05, 0.1) is 25.2 Å². The molecule has 1 aliphatic heterocycles. The molecule has 0 aliphatic carbocycles. The number of thioether (sulfide) groups is 1. The molecule has 0 amide bonds. The number of aliphatic imine (C=N–C) groups is 2. The zero-order chi connectivity index (χ0) is 23.0. The Kier molecular flexibility index (Phi) is 8.39. The van der Waals surface area contributed by atoms with Crippen LogP contribution in [0.5, 0.6) is 0 Å². The van der Waals surface area contributed by atoms with Crippen molar-refractivity contribution in [3.63, 3.8) is 0 Å². The fourth-order valence-electron chi connectivity index (χ4n) is 3.00. The molecule has 1 fully saturated rings. The molecule has 10 nitrogen and oxygen atoms in total. The highest BCUT2D eigenvalue weighted by molar-refractivity contribution is 7.98. The van der Waals surface area contributed by atoms with Gasteiger partial charge < -0.3 is 9.72 Å². The minimum Gasteiger partial charge on any atom is -0.465 e. The molecule has 0 aromatic carbocycles. The number of ether oxygens (including phenoxy) is 1. The standard InChI is InChI=1S/C20H26N6O4S2/c1-3-30-20(27)18-17(22-9-7-15-6-4-5-8-21-15)19(26-32(18,28)29)23-10-11-31-12-16-14(2)24-13-25-16/h4-6,8,13,18H,3,7,9-12H2,1-2H3,(H,23,26)(H,24,25). The monoisotopic (exact) mass is 478 g/mol. The van der Waals surface area contributed by atoms with Crippen LogP contribution in [0.15, 0.2) is 40.7 Å². The third-order valence-corrected chi connectivity index (χ3v) is 7.06. The number of carbonyl (C=O) groups excluding carboxylic acids is 1. The molecular formula is C20H26N6O4S2. The van der Waals surface area contributed by atoms with E-state index in [0.717, 1.165) is 22.8 Å². The van der Waals surface area contributed by atoms with Gasteiger partial charge in [0.1, 0.15) is 5.71 Å². The van der Waals surface area contributed by atoms with E-state index in [1.165, 1.54) is 0 Å². The number of pyridine rings is 1. The maximum Gasteiger partial charge on any atom is 0.332 e. The smallest absolute Gasteiger partial charge is 0.332 e. The first-order chi connectivity index (χ1) is 15.4. The Morgan fingerprint density at radius 1 is 1.25 bits per heavy atom. The van der Waals surface area contributed by atoms with Crippen LogP contribution in [0.2, 0.25) is 0 Å². The molecular weight excluding hydrogens is 452 g/mol. The molecule has 1 atom stereocenters. The molecule has 2 aromatic rings. The van der Waals surface area contributed by atoms with Crippen molar-refractivity contribution in [3.8, 4) is 0 Å². The van der Waals surface area contributed by atoms with Gasteiger partial charge in [-0.05, 0) is 26.0 Å². The highest BCUT2D eigenvalue weighted by Gasteiger charge is 2.47. The predicted molar refractivity (Wildman–Crippen MR) is 125 cm³/mol. The van der Waals surface area contributed by atoms with Crippen LogP contribution in [0, 0.1) is 6.92 Å². The quantitative estimate of drug-likeness (QED) is 0.387. The van der Waals surface area contributed by atoms with E-state index in [1.807, 2.05) is 25.1 Å². The lowest BCUT2D eigenvalue weighted by Crippen LogP contribution is -2.35. The van der Waals surface area contributed by atoms with Crippen molar-refractivity contribution < 1.29 is 17.9 Å². The fraction of sp³-hybridized carbons (Fsp3) is 0.450. The number of H-pyrrole nitrogens is 1. The van der Waals surface area contributed by atoms with E-state index >= 15 is 0 Å². The van der Waals surface area contributed by atoms with Crippen molar-refractivity contribution in [3.05, 3.63) is 47.8 Å². The van der Waals surface area contributed by atoms with Gasteiger partial charge in [-0.2, -0.15) is 11.8 Å². The van der Waals surface area contributed by atoms with Gasteiger partial charge in [-0.1, -0.05) is 6.07 Å². The van der Waals surface area contributed by atoms with Crippen LogP contribution >= 0.6 is 11.8 Å². The molecule has 0 spiro atoms. The summed E-state index contributed by atoms with van der Waals surface area (Å²) in [5, 5.41) is -1.52. The topological polar surface area (TPSA) is 139 Å². The van der Waals surface area contributed by atoms with Crippen molar-refractivity contribution >= 4 is 39.3 Å². The van der Waals surface area contributed by atoms with E-state index in [2.05, 4.69) is 29.7 Å². The Bertz CT molecular complexity index is 1080. The lowest BCUT2D eigenvalue weighted by Gasteiger charge is -2.08. The highest BCUT2D eigenvalue weighted by atomic mass is 32.2. The molecule has 1 saturated heterocycles. The summed E-state index contributed by atoms with van der Waals surface area (Å²) in [6.07, 6.45) is 3.84. The number of hydrogen-bond donors (Lipinski definition) is 2. The summed E-state index contributed by atoms with van der Waals surface area (Å²) < 4.78 is 32.6. The van der Waals surface area contributed by atoms with Gasteiger partial charge in [0.15, 0.2) is 5.84 Å². The Labute approximate surface area is 191 Å². The summed E-state index contributed by atoms with van der Waals surface area (Å²) in [7, 11) is -4.01. The molecule has 2 N–H and O–H groups in total. The minimum atomic E-state index is -4.01. The van der Waals surface area contributed by atoms with Crippen LogP contribution < -0.4 is 4.72 Å². The van der Waals surface area contributed by atoms with Crippen molar-refractivity contribution in [2.75, 3.05) is 25.4 Å². The molecule has 12 heteroatoms. The van der Waals surface area contributed by atoms with E-state index in [4.69, 9.17) is 4.74 Å². The predicted octanol–water partition coefficient (Wildman–Crippen LogP) is 1.29. The van der Waals surface area contributed by atoms with Crippen LogP contribution in [0.25, 0.3) is 0 Å². The SMILES string of the molecule is CCOC(=O)C1C(=NCCc2ccccn2)C(=NCCSCc2nc[nH]c2C)NS1(=O)=O. The Morgan fingerprint density at radius 3 is 2.78 bits per heavy atom. The number of aromatic nitrogens is 3. The van der Waals surface area contributed by atoms with Crippen LogP contribution in [-0.4, -0.2) is 71.6 Å². The minimum absolute atomic E-state index is 0.0712. The van der Waals surface area contributed by atoms with Gasteiger partial charge >= 0.3 is 5.97 Å². The number of nitrogens with one attached hydrogen (secondary N) is 2. The van der Waals surface area contributed by atoms with E-state index in [-0.39, 0.29) is 24.7 Å². The van der Waals surface area contributed by atoms with Gasteiger partial charge in [0.25, 0.3) is 10.0 Å². The average Bonchev–Trinajstić information content (AvgIpc) is 3.28. The number of amidine groups is 1. The lowest BCUT2D eigenvalue weighted by molar-refractivity contribution is -0.141. The summed E-state index contributed by atoms with van der Waals surface area (Å²) in [5.41, 5.74) is 2.91. The van der Waals surface area contributed by atoms with Gasteiger partial charge in [0.2, 0.25) is 5.25 Å². The zero-order valence-electron chi connectivity index (χ0n) is 17.9. The number of nitrogens with zero attached hydrogens (tertiary/aromatic N) is 4. The second-order valence-electron chi connectivity index (χ2n) is 6.87. The molecule has 172 valence electrons. The molecule has 0 radical (unpaired) electrons. The average molecular weight is 479 g/mol. The first kappa shape index (κ1) is 23.9. The third-order valence-electron chi connectivity index (χ3n) is 4.60. The first-order valence-corrected chi connectivity index (χ1v) is 12.9. The molecule has 0 saturated carbocycles. The number of rotatable bonds is 10. The van der Waals surface area contributed by atoms with Crippen LogP contribution in [0.4, 0.5) is 0 Å². The van der Waals surface area contributed by atoms with E-state index in [0.29, 0.717) is 18.7 Å². The van der Waals surface area contributed by atoms with Gasteiger partial charge in [-0.3, -0.25) is 24.5 Å². The highest BCUT2D eigenvalue weighted by Crippen LogP contribution is 2.16. The van der Waals surface area contributed by atoms with Crippen molar-refractivity contribution in [2.24, 2.45) is 9.98 Å². The second kappa shape index (κ2) is 11.2. The third kappa shape index (κ3) is 6.16. The molecule has 0 bridgehead atoms. The first-order valence-electron chi connectivity index (χ1n) is 10.2. The second-order valence-corrected chi connectivity index (χ2v) is 9.75. The summed E-state index contributed by atoms with van der Waals surface area (Å²) in [4.78, 5) is 32.7. The van der Waals surface area contributed by atoms with Crippen molar-refractivity contribution in [2.45, 2.75) is 31.3 Å². The van der Waals surface area contributed by atoms with Gasteiger partial charge in [-0.15, -0.1) is 0 Å². The number of hydrogen-bond acceptors (Lipinski definition) is 9. The Morgan fingerprint density at radius 2 is 2.09 bits per heavy atom. The Balaban J connectivity index is 1.71. The lowest BCUT2D eigenvalue weighted by atomic mass is 10.2. The maximum atomic E-state index is 12.6. The summed E-state index contributed by atoms with van der Waals surface area (Å²) in [5.74, 6) is 0.622. The number of aromatic amines is 1. The summed E-state index contributed by atoms with van der Waals surface area (Å²) in [6, 6.07) is 5.54. The maximum absolute atomic E-state index is 12.6. The summed E-state index contributed by atoms with van der Waals surface area (Å²) in [6.45, 7) is 4.28. The van der Waals surface area contributed by atoms with Crippen molar-refractivity contribution in [1.29, 1.82) is 0 Å². The molecule has 2 aromatic heterocycles. The van der Waals surface area contributed by atoms with E-state index in [1.54, 1.807) is 31.2 Å².